The highest BCUT2D eigenvalue weighted by atomic mass is 16.5. The number of aromatic nitrogens is 5. The SMILES string of the molecule is C=C1C[C@H]2C=Nc3cc(OCCCC(=O)Nc4cn(C)c(C(=O)Nc5cc(C(=O)Nc6cc(C(=O)n7ccc8ccc(CN)cc87)n(C)c6)n(C)c5)n4)c(OC)cc3C(=O)N2C1. The van der Waals surface area contributed by atoms with Gasteiger partial charge in [0.2, 0.25) is 11.7 Å². The molecule has 6 aromatic rings. The van der Waals surface area contributed by atoms with E-state index < -0.39 is 11.8 Å². The van der Waals surface area contributed by atoms with Gasteiger partial charge in [-0.2, -0.15) is 0 Å². The molecule has 62 heavy (non-hydrogen) atoms. The number of ether oxygens (including phenoxy) is 2. The first-order valence-electron chi connectivity index (χ1n) is 19.8. The number of aliphatic imine (C=N–C) groups is 1. The fraction of sp³-hybridized carbons (Fsp3) is 0.250. The van der Waals surface area contributed by atoms with Crippen LogP contribution in [-0.4, -0.2) is 90.2 Å². The molecule has 0 radical (unpaired) electrons. The molecule has 18 heteroatoms. The van der Waals surface area contributed by atoms with Crippen LogP contribution in [0.1, 0.15) is 66.8 Å². The van der Waals surface area contributed by atoms with Crippen LogP contribution in [0.2, 0.25) is 0 Å². The Morgan fingerprint density at radius 2 is 1.63 bits per heavy atom. The molecule has 1 fully saturated rings. The molecule has 8 rings (SSSR count). The number of methoxy groups -OCH3 is 1. The number of anilines is 3. The minimum absolute atomic E-state index is 0.0245. The summed E-state index contributed by atoms with van der Waals surface area (Å²) in [6.07, 6.45) is 9.33. The molecule has 2 aromatic carbocycles. The number of hydrogen-bond acceptors (Lipinski definition) is 10. The van der Waals surface area contributed by atoms with Crippen molar-refractivity contribution >= 4 is 69.5 Å². The molecule has 0 bridgehead atoms. The molecule has 1 atom stereocenters. The number of carbonyl (C=O) groups excluding carboxylic acids is 5. The number of nitrogens with one attached hydrogen (secondary N) is 3. The molecular weight excluding hydrogens is 795 g/mol. The lowest BCUT2D eigenvalue weighted by Gasteiger charge is -2.20. The predicted molar refractivity (Wildman–Crippen MR) is 233 cm³/mol. The molecule has 0 spiro atoms. The third-order valence-electron chi connectivity index (χ3n) is 10.8. The maximum Gasteiger partial charge on any atom is 0.291 e. The third-order valence-corrected chi connectivity index (χ3v) is 10.8. The fourth-order valence-corrected chi connectivity index (χ4v) is 7.65. The minimum atomic E-state index is -0.562. The Morgan fingerprint density at radius 3 is 2.39 bits per heavy atom. The van der Waals surface area contributed by atoms with E-state index in [0.717, 1.165) is 22.0 Å². The minimum Gasteiger partial charge on any atom is -0.493 e. The highest BCUT2D eigenvalue weighted by Crippen LogP contribution is 2.38. The van der Waals surface area contributed by atoms with Crippen LogP contribution in [0.5, 0.6) is 11.5 Å². The van der Waals surface area contributed by atoms with Gasteiger partial charge in [0.15, 0.2) is 17.3 Å². The molecule has 2 aliphatic heterocycles. The number of fused-ring (bicyclic) bond motifs is 3. The molecule has 0 unspecified atom stereocenters. The highest BCUT2D eigenvalue weighted by molar-refractivity contribution is 6.08. The largest absolute Gasteiger partial charge is 0.493 e. The molecule has 318 valence electrons. The number of amides is 4. The Morgan fingerprint density at radius 1 is 0.887 bits per heavy atom. The van der Waals surface area contributed by atoms with Crippen LogP contribution < -0.4 is 31.2 Å². The molecule has 4 aromatic heterocycles. The predicted octanol–water partition coefficient (Wildman–Crippen LogP) is 5.00. The van der Waals surface area contributed by atoms with Crippen molar-refractivity contribution in [3.8, 4) is 11.5 Å². The van der Waals surface area contributed by atoms with Gasteiger partial charge in [-0.15, -0.1) is 0 Å². The van der Waals surface area contributed by atoms with E-state index in [2.05, 4.69) is 32.5 Å². The molecule has 0 saturated carbocycles. The topological polar surface area (TPSA) is 214 Å². The average molecular weight is 840 g/mol. The van der Waals surface area contributed by atoms with Gasteiger partial charge in [-0.3, -0.25) is 33.5 Å². The molecule has 0 aliphatic carbocycles. The first-order chi connectivity index (χ1) is 29.8. The van der Waals surface area contributed by atoms with E-state index in [1.807, 2.05) is 24.3 Å². The Kier molecular flexibility index (Phi) is 11.1. The molecule has 5 N–H and O–H groups in total. The van der Waals surface area contributed by atoms with Gasteiger partial charge in [0, 0.05) is 83.1 Å². The second kappa shape index (κ2) is 16.7. The summed E-state index contributed by atoms with van der Waals surface area (Å²) in [4.78, 5) is 77.0. The van der Waals surface area contributed by atoms with Gasteiger partial charge in [0.25, 0.3) is 23.6 Å². The summed E-state index contributed by atoms with van der Waals surface area (Å²) in [6, 6.07) is 13.9. The number of rotatable bonds is 13. The van der Waals surface area contributed by atoms with Crippen LogP contribution in [0.4, 0.5) is 22.9 Å². The number of imidazole rings is 1. The van der Waals surface area contributed by atoms with Crippen molar-refractivity contribution in [3.05, 3.63) is 114 Å². The number of hydrogen-bond donors (Lipinski definition) is 4. The van der Waals surface area contributed by atoms with Crippen LogP contribution >= 0.6 is 0 Å². The van der Waals surface area contributed by atoms with Gasteiger partial charge in [-0.1, -0.05) is 24.3 Å². The summed E-state index contributed by atoms with van der Waals surface area (Å²) in [5.74, 6) is -0.789. The molecule has 4 amide bonds. The van der Waals surface area contributed by atoms with Crippen molar-refractivity contribution in [1.82, 2.24) is 28.2 Å². The first-order valence-corrected chi connectivity index (χ1v) is 19.8. The summed E-state index contributed by atoms with van der Waals surface area (Å²) >= 11 is 0. The number of nitrogens with two attached hydrogens (primary N) is 1. The number of nitrogens with zero attached hydrogens (tertiary/aromatic N) is 7. The highest BCUT2D eigenvalue weighted by Gasteiger charge is 2.34. The lowest BCUT2D eigenvalue weighted by atomic mass is 10.1. The molecule has 1 saturated heterocycles. The van der Waals surface area contributed by atoms with Crippen LogP contribution in [0.3, 0.4) is 0 Å². The van der Waals surface area contributed by atoms with E-state index in [1.54, 1.807) is 82.7 Å². The maximum absolute atomic E-state index is 13.6. The van der Waals surface area contributed by atoms with E-state index in [9.17, 15) is 24.0 Å². The molecular formula is C44H45N11O7. The van der Waals surface area contributed by atoms with E-state index in [4.69, 9.17) is 15.2 Å². The number of benzene rings is 2. The zero-order chi connectivity index (χ0) is 43.8. The molecule has 2 aliphatic rings. The standard InChI is InChI=1S/C44H45N11O7/c1-25-13-30-20-46-32-18-37(36(61-5)17-31(32)43(59)55(30)21-25)62-12-6-7-39(56)49-38-24-53(4)40(50-38)42(58)48-28-15-34(51(2)22-28)41(57)47-29-16-35(52(3)23-29)44(60)54-11-10-27-9-8-26(19-45)14-33(27)54/h8-11,14-18,20,22-24,30H,1,6-7,12-13,19,21,45H2,2-5H3,(H,47,57)(H,48,58)(H,49,56)/t30-/m0/s1. The lowest BCUT2D eigenvalue weighted by molar-refractivity contribution is -0.116. The van der Waals surface area contributed by atoms with Gasteiger partial charge >= 0.3 is 0 Å². The quantitative estimate of drug-likeness (QED) is 0.0909. The second-order valence-electron chi connectivity index (χ2n) is 15.3. The average Bonchev–Trinajstić information content (AvgIpc) is 4.07. The van der Waals surface area contributed by atoms with Crippen molar-refractivity contribution in [2.45, 2.75) is 31.8 Å². The fourth-order valence-electron chi connectivity index (χ4n) is 7.65. The Balaban J connectivity index is 0.838. The van der Waals surface area contributed by atoms with Crippen molar-refractivity contribution in [3.63, 3.8) is 0 Å². The first kappa shape index (κ1) is 41.0. The normalized spacial score (nSPS) is 14.4. The van der Waals surface area contributed by atoms with E-state index in [1.165, 1.54) is 23.9 Å². The Bertz CT molecular complexity index is 2840. The summed E-state index contributed by atoms with van der Waals surface area (Å²) in [6.45, 7) is 5.02. The summed E-state index contributed by atoms with van der Waals surface area (Å²) in [5, 5.41) is 9.22. The monoisotopic (exact) mass is 839 g/mol. The van der Waals surface area contributed by atoms with Crippen LogP contribution in [0.15, 0.2) is 90.5 Å². The summed E-state index contributed by atoms with van der Waals surface area (Å²) < 4.78 is 17.7. The van der Waals surface area contributed by atoms with Crippen molar-refractivity contribution in [2.75, 3.05) is 36.2 Å². The second-order valence-corrected chi connectivity index (χ2v) is 15.3. The van der Waals surface area contributed by atoms with Crippen molar-refractivity contribution < 1.29 is 33.4 Å². The summed E-state index contributed by atoms with van der Waals surface area (Å²) in [5.41, 5.74) is 10.7. The Hall–Kier alpha value is -7.73. The smallest absolute Gasteiger partial charge is 0.291 e. The lowest BCUT2D eigenvalue weighted by Crippen LogP contribution is -2.35. The van der Waals surface area contributed by atoms with E-state index in [0.29, 0.717) is 65.7 Å². The van der Waals surface area contributed by atoms with Crippen LogP contribution in [-0.2, 0) is 32.5 Å². The maximum atomic E-state index is 13.6. The third kappa shape index (κ3) is 8.10. The summed E-state index contributed by atoms with van der Waals surface area (Å²) in [7, 11) is 6.50. The van der Waals surface area contributed by atoms with Crippen molar-refractivity contribution in [1.29, 1.82) is 0 Å². The number of carbonyl (C=O) groups is 5. The van der Waals surface area contributed by atoms with E-state index >= 15 is 0 Å². The zero-order valence-corrected chi connectivity index (χ0v) is 34.6. The van der Waals surface area contributed by atoms with Gasteiger partial charge < -0.3 is 49.8 Å². The van der Waals surface area contributed by atoms with Crippen molar-refractivity contribution in [2.24, 2.45) is 31.9 Å². The molecule has 6 heterocycles. The van der Waals surface area contributed by atoms with E-state index in [-0.39, 0.29) is 54.1 Å². The van der Waals surface area contributed by atoms with Gasteiger partial charge in [0.1, 0.15) is 11.4 Å². The van der Waals surface area contributed by atoms with Crippen LogP contribution in [0, 0.1) is 0 Å². The van der Waals surface area contributed by atoms with Gasteiger partial charge in [-0.05, 0) is 48.7 Å². The Labute approximate surface area is 355 Å². The zero-order valence-electron chi connectivity index (χ0n) is 34.6. The van der Waals surface area contributed by atoms with Crippen LogP contribution in [0.25, 0.3) is 10.9 Å². The van der Waals surface area contributed by atoms with Gasteiger partial charge in [0.05, 0.1) is 47.9 Å². The molecule has 18 nitrogen and oxygen atoms in total. The van der Waals surface area contributed by atoms with Gasteiger partial charge in [-0.25, -0.2) is 4.98 Å². The number of aryl methyl sites for hydroxylation is 3.